The normalized spacial score (nSPS) is 13.8. The Labute approximate surface area is 172 Å². The number of nitrogens with one attached hydrogen (secondary N) is 1. The number of hydrogen-bond donors (Lipinski definition) is 1. The van der Waals surface area contributed by atoms with E-state index in [-0.39, 0.29) is 23.7 Å². The van der Waals surface area contributed by atoms with Crippen molar-refractivity contribution in [2.45, 2.75) is 46.2 Å². The van der Waals surface area contributed by atoms with Crippen LogP contribution in [0, 0.1) is 11.8 Å². The number of furan rings is 1. The first-order valence-electron chi connectivity index (χ1n) is 10.3. The van der Waals surface area contributed by atoms with E-state index in [2.05, 4.69) is 5.32 Å². The van der Waals surface area contributed by atoms with Gasteiger partial charge in [-0.05, 0) is 48.7 Å². The van der Waals surface area contributed by atoms with Gasteiger partial charge >= 0.3 is 0 Å². The maximum Gasteiger partial charge on any atom is 0.227 e. The van der Waals surface area contributed by atoms with Crippen LogP contribution in [0.1, 0.15) is 44.4 Å². The summed E-state index contributed by atoms with van der Waals surface area (Å²) in [6, 6.07) is 9.61. The third kappa shape index (κ3) is 5.19. The smallest absolute Gasteiger partial charge is 0.227 e. The average molecular weight is 398 g/mol. The third-order valence-electron chi connectivity index (χ3n) is 5.40. The maximum atomic E-state index is 12.9. The second kappa shape index (κ2) is 9.16. The maximum absolute atomic E-state index is 12.9. The molecule has 0 spiro atoms. The lowest BCUT2D eigenvalue weighted by atomic mass is 9.85. The molecule has 1 aliphatic rings. The first-order valence-corrected chi connectivity index (χ1v) is 10.3. The minimum absolute atomic E-state index is 0.0648. The minimum Gasteiger partial charge on any atom is -0.467 e. The van der Waals surface area contributed by atoms with E-state index in [1.807, 2.05) is 68.1 Å². The zero-order chi connectivity index (χ0) is 21.0. The summed E-state index contributed by atoms with van der Waals surface area (Å²) in [4.78, 5) is 29.0. The number of carbonyl (C=O) groups is 2. The van der Waals surface area contributed by atoms with E-state index in [1.54, 1.807) is 6.26 Å². The van der Waals surface area contributed by atoms with E-state index in [9.17, 15) is 9.59 Å². The summed E-state index contributed by atoms with van der Waals surface area (Å²) in [6.07, 6.45) is 4.68. The fourth-order valence-corrected chi connectivity index (χ4v) is 3.51. The van der Waals surface area contributed by atoms with Gasteiger partial charge in [0.25, 0.3) is 0 Å². The van der Waals surface area contributed by atoms with E-state index in [0.717, 1.165) is 42.0 Å². The number of rotatable bonds is 8. The molecule has 1 heterocycles. The predicted molar refractivity (Wildman–Crippen MR) is 115 cm³/mol. The van der Waals surface area contributed by atoms with E-state index >= 15 is 0 Å². The van der Waals surface area contributed by atoms with Gasteiger partial charge in [0, 0.05) is 43.9 Å². The summed E-state index contributed by atoms with van der Waals surface area (Å²) in [5.41, 5.74) is 2.78. The first-order chi connectivity index (χ1) is 13.8. The van der Waals surface area contributed by atoms with Gasteiger partial charge in [0.15, 0.2) is 0 Å². The van der Waals surface area contributed by atoms with Crippen molar-refractivity contribution < 1.29 is 14.0 Å². The van der Waals surface area contributed by atoms with Crippen molar-refractivity contribution in [3.05, 3.63) is 47.9 Å². The second-order valence-electron chi connectivity index (χ2n) is 8.28. The van der Waals surface area contributed by atoms with Crippen molar-refractivity contribution in [2.24, 2.45) is 11.8 Å². The fraction of sp³-hybridized carbons (Fsp3) is 0.478. The molecular formula is C23H31N3O3. The van der Waals surface area contributed by atoms with Crippen molar-refractivity contribution in [1.82, 2.24) is 4.90 Å². The van der Waals surface area contributed by atoms with Crippen molar-refractivity contribution >= 4 is 23.2 Å². The molecule has 6 heteroatoms. The Morgan fingerprint density at radius 1 is 1.17 bits per heavy atom. The molecule has 1 fully saturated rings. The Kier molecular flexibility index (Phi) is 6.62. The van der Waals surface area contributed by atoms with Gasteiger partial charge in [-0.15, -0.1) is 0 Å². The monoisotopic (exact) mass is 397 g/mol. The quantitative estimate of drug-likeness (QED) is 0.722. The lowest BCUT2D eigenvalue weighted by Gasteiger charge is -2.27. The number of nitrogens with zero attached hydrogens (tertiary/aromatic N) is 2. The molecular weight excluding hydrogens is 366 g/mol. The number of amides is 2. The van der Waals surface area contributed by atoms with Crippen LogP contribution < -0.4 is 10.2 Å². The highest BCUT2D eigenvalue weighted by molar-refractivity contribution is 5.93. The van der Waals surface area contributed by atoms with Crippen molar-refractivity contribution in [3.8, 4) is 0 Å². The number of benzene rings is 1. The molecule has 1 aromatic carbocycles. The Morgan fingerprint density at radius 2 is 1.93 bits per heavy atom. The van der Waals surface area contributed by atoms with E-state index < -0.39 is 0 Å². The molecule has 1 saturated carbocycles. The van der Waals surface area contributed by atoms with Gasteiger partial charge in [0.1, 0.15) is 5.76 Å². The Morgan fingerprint density at radius 3 is 2.48 bits per heavy atom. The molecule has 1 N–H and O–H groups in total. The first kappa shape index (κ1) is 21.0. The Bertz CT molecular complexity index is 839. The lowest BCUT2D eigenvalue weighted by molar-refractivity contribution is -0.136. The summed E-state index contributed by atoms with van der Waals surface area (Å²) >= 11 is 0. The molecule has 0 aliphatic heterocycles. The summed E-state index contributed by atoms with van der Waals surface area (Å²) in [5, 5.41) is 3.04. The fourth-order valence-electron chi connectivity index (χ4n) is 3.51. The van der Waals surface area contributed by atoms with Gasteiger partial charge in [-0.25, -0.2) is 0 Å². The SMILES string of the molecule is CC(C)C(=O)N(Cc1ccco1)Cc1cc(NC(=O)C2CCC2)ccc1N(C)C. The van der Waals surface area contributed by atoms with Gasteiger partial charge in [-0.2, -0.15) is 0 Å². The molecule has 0 bridgehead atoms. The summed E-state index contributed by atoms with van der Waals surface area (Å²) in [6.45, 7) is 4.66. The largest absolute Gasteiger partial charge is 0.467 e. The highest BCUT2D eigenvalue weighted by atomic mass is 16.3. The second-order valence-corrected chi connectivity index (χ2v) is 8.28. The molecule has 29 heavy (non-hydrogen) atoms. The van der Waals surface area contributed by atoms with Gasteiger partial charge in [-0.3, -0.25) is 9.59 Å². The highest BCUT2D eigenvalue weighted by Crippen LogP contribution is 2.29. The highest BCUT2D eigenvalue weighted by Gasteiger charge is 2.26. The zero-order valence-electron chi connectivity index (χ0n) is 17.8. The molecule has 156 valence electrons. The van der Waals surface area contributed by atoms with Crippen LogP contribution >= 0.6 is 0 Å². The van der Waals surface area contributed by atoms with Crippen LogP contribution in [0.5, 0.6) is 0 Å². The summed E-state index contributed by atoms with van der Waals surface area (Å²) in [5.74, 6) is 0.916. The van der Waals surface area contributed by atoms with Crippen LogP contribution in [-0.4, -0.2) is 30.8 Å². The molecule has 1 aromatic heterocycles. The van der Waals surface area contributed by atoms with Crippen molar-refractivity contribution in [2.75, 3.05) is 24.3 Å². The molecule has 1 aliphatic carbocycles. The predicted octanol–water partition coefficient (Wildman–Crippen LogP) is 4.27. The molecule has 6 nitrogen and oxygen atoms in total. The van der Waals surface area contributed by atoms with E-state index in [4.69, 9.17) is 4.42 Å². The van der Waals surface area contributed by atoms with Gasteiger partial charge in [0.05, 0.1) is 12.8 Å². The van der Waals surface area contributed by atoms with Crippen LogP contribution in [0.15, 0.2) is 41.0 Å². The number of hydrogen-bond acceptors (Lipinski definition) is 4. The van der Waals surface area contributed by atoms with Crippen LogP contribution in [0.25, 0.3) is 0 Å². The Balaban J connectivity index is 1.84. The topological polar surface area (TPSA) is 65.8 Å². The average Bonchev–Trinajstić information content (AvgIpc) is 3.11. The summed E-state index contributed by atoms with van der Waals surface area (Å²) in [7, 11) is 3.96. The van der Waals surface area contributed by atoms with E-state index in [0.29, 0.717) is 13.1 Å². The molecule has 0 saturated heterocycles. The van der Waals surface area contributed by atoms with Crippen molar-refractivity contribution in [1.29, 1.82) is 0 Å². The molecule has 2 amide bonds. The van der Waals surface area contributed by atoms with Gasteiger partial charge in [0.2, 0.25) is 11.8 Å². The summed E-state index contributed by atoms with van der Waals surface area (Å²) < 4.78 is 5.47. The molecule has 2 aromatic rings. The van der Waals surface area contributed by atoms with Crippen LogP contribution in [-0.2, 0) is 22.7 Å². The third-order valence-corrected chi connectivity index (χ3v) is 5.40. The minimum atomic E-state index is -0.116. The lowest BCUT2D eigenvalue weighted by Crippen LogP contribution is -2.34. The van der Waals surface area contributed by atoms with Crippen LogP contribution in [0.3, 0.4) is 0 Å². The standard InChI is InChI=1S/C23H31N3O3/c1-16(2)23(28)26(15-20-9-6-12-29-20)14-18-13-19(10-11-21(18)25(3)4)24-22(27)17-7-5-8-17/h6,9-13,16-17H,5,7-8,14-15H2,1-4H3,(H,24,27). The molecule has 3 rings (SSSR count). The van der Waals surface area contributed by atoms with Gasteiger partial charge < -0.3 is 19.5 Å². The van der Waals surface area contributed by atoms with Crippen molar-refractivity contribution in [3.63, 3.8) is 0 Å². The van der Waals surface area contributed by atoms with Crippen LogP contribution in [0.4, 0.5) is 11.4 Å². The number of carbonyl (C=O) groups excluding carboxylic acids is 2. The Hall–Kier alpha value is -2.76. The molecule has 0 unspecified atom stereocenters. The number of anilines is 2. The van der Waals surface area contributed by atoms with E-state index in [1.165, 1.54) is 0 Å². The van der Waals surface area contributed by atoms with Crippen LogP contribution in [0.2, 0.25) is 0 Å². The molecule has 0 atom stereocenters. The molecule has 0 radical (unpaired) electrons. The van der Waals surface area contributed by atoms with Gasteiger partial charge in [-0.1, -0.05) is 20.3 Å². The zero-order valence-corrected chi connectivity index (χ0v) is 17.8.